The van der Waals surface area contributed by atoms with Gasteiger partial charge in [-0.1, -0.05) is 13.8 Å². The molecule has 2 atom stereocenters. The first kappa shape index (κ1) is 11.8. The largest absolute Gasteiger partial charge is 0.481 e. The second-order valence-electron chi connectivity index (χ2n) is 3.73. The molecule has 2 unspecified atom stereocenters. The number of hydrogen-bond acceptors (Lipinski definition) is 5. The Morgan fingerprint density at radius 2 is 2.18 bits per heavy atom. The Bertz CT molecular complexity index is 542. The van der Waals surface area contributed by atoms with Gasteiger partial charge in [0.1, 0.15) is 16.9 Å². The molecule has 0 aliphatic carbocycles. The number of aromatic nitrogens is 4. The van der Waals surface area contributed by atoms with Crippen LogP contribution in [0.5, 0.6) is 0 Å². The van der Waals surface area contributed by atoms with Crippen molar-refractivity contribution in [1.82, 2.24) is 19.9 Å². The first-order valence-electron chi connectivity index (χ1n) is 5.13. The number of carboxylic acids is 1. The number of aliphatic carboxylic acids is 1. The van der Waals surface area contributed by atoms with Crippen LogP contribution in [0.25, 0.3) is 11.2 Å². The molecule has 0 saturated carbocycles. The van der Waals surface area contributed by atoms with Crippen LogP contribution in [0.15, 0.2) is 17.7 Å². The molecule has 0 aliphatic heterocycles. The molecule has 0 fully saturated rings. The van der Waals surface area contributed by atoms with Gasteiger partial charge in [-0.05, 0) is 0 Å². The van der Waals surface area contributed by atoms with Gasteiger partial charge in [-0.2, -0.15) is 0 Å². The first-order valence-corrected chi connectivity index (χ1v) is 6.01. The van der Waals surface area contributed by atoms with Gasteiger partial charge >= 0.3 is 5.97 Å². The normalized spacial score (nSPS) is 14.7. The van der Waals surface area contributed by atoms with E-state index in [0.717, 1.165) is 10.5 Å². The average Bonchev–Trinajstić information content (AvgIpc) is 2.76. The number of thioether (sulfide) groups is 1. The lowest BCUT2D eigenvalue weighted by molar-refractivity contribution is -0.140. The molecule has 2 rings (SSSR count). The number of rotatable bonds is 4. The smallest absolute Gasteiger partial charge is 0.307 e. The molecule has 2 aromatic rings. The molecule has 0 saturated heterocycles. The summed E-state index contributed by atoms with van der Waals surface area (Å²) < 4.78 is 0. The van der Waals surface area contributed by atoms with Crippen LogP contribution in [0, 0.1) is 5.92 Å². The molecule has 0 aromatic carbocycles. The summed E-state index contributed by atoms with van der Waals surface area (Å²) in [4.78, 5) is 26.0. The fourth-order valence-electron chi connectivity index (χ4n) is 1.31. The Morgan fingerprint density at radius 3 is 2.88 bits per heavy atom. The summed E-state index contributed by atoms with van der Waals surface area (Å²) in [6, 6.07) is 0. The SMILES string of the molecule is CC(Sc1ncnc2nc[nH]c12)C(C)C(=O)O. The number of fused-ring (bicyclic) bond motifs is 1. The zero-order chi connectivity index (χ0) is 12.4. The third-order valence-corrected chi connectivity index (χ3v) is 3.89. The van der Waals surface area contributed by atoms with Gasteiger partial charge in [-0.15, -0.1) is 11.8 Å². The Labute approximate surface area is 102 Å². The molecular weight excluding hydrogens is 240 g/mol. The van der Waals surface area contributed by atoms with Crippen molar-refractivity contribution >= 4 is 28.9 Å². The summed E-state index contributed by atoms with van der Waals surface area (Å²) in [5.41, 5.74) is 1.35. The molecule has 0 amide bonds. The number of imidazole rings is 1. The number of nitrogens with zero attached hydrogens (tertiary/aromatic N) is 3. The summed E-state index contributed by atoms with van der Waals surface area (Å²) in [5, 5.41) is 9.59. The second-order valence-corrected chi connectivity index (χ2v) is 5.10. The van der Waals surface area contributed by atoms with Crippen molar-refractivity contribution in [3.8, 4) is 0 Å². The highest BCUT2D eigenvalue weighted by Crippen LogP contribution is 2.29. The predicted octanol–water partition coefficient (Wildman–Crippen LogP) is 1.55. The third-order valence-electron chi connectivity index (χ3n) is 2.58. The summed E-state index contributed by atoms with van der Waals surface area (Å²) >= 11 is 1.41. The van der Waals surface area contributed by atoms with E-state index in [0.29, 0.717) is 5.65 Å². The maximum Gasteiger partial charge on any atom is 0.307 e. The van der Waals surface area contributed by atoms with Crippen LogP contribution in [0.1, 0.15) is 13.8 Å². The van der Waals surface area contributed by atoms with E-state index in [1.54, 1.807) is 13.3 Å². The summed E-state index contributed by atoms with van der Waals surface area (Å²) in [5.74, 6) is -1.24. The highest BCUT2D eigenvalue weighted by Gasteiger charge is 2.22. The molecule has 2 heterocycles. The van der Waals surface area contributed by atoms with Gasteiger partial charge in [0.2, 0.25) is 0 Å². The number of carbonyl (C=O) groups is 1. The Hall–Kier alpha value is -1.63. The number of nitrogens with one attached hydrogen (secondary N) is 1. The van der Waals surface area contributed by atoms with E-state index in [2.05, 4.69) is 19.9 Å². The molecule has 2 N–H and O–H groups in total. The number of carboxylic acid groups (broad SMARTS) is 1. The van der Waals surface area contributed by atoms with Crippen LogP contribution in [0.4, 0.5) is 0 Å². The first-order chi connectivity index (χ1) is 8.09. The van der Waals surface area contributed by atoms with Gasteiger partial charge < -0.3 is 10.1 Å². The van der Waals surface area contributed by atoms with Crippen LogP contribution in [0.2, 0.25) is 0 Å². The van der Waals surface area contributed by atoms with Crippen LogP contribution in [-0.2, 0) is 4.79 Å². The van der Waals surface area contributed by atoms with E-state index in [-0.39, 0.29) is 5.25 Å². The van der Waals surface area contributed by atoms with Gasteiger partial charge in [0.15, 0.2) is 5.65 Å². The minimum atomic E-state index is -0.806. The molecule has 90 valence electrons. The lowest BCUT2D eigenvalue weighted by Crippen LogP contribution is -2.20. The molecule has 0 aliphatic rings. The van der Waals surface area contributed by atoms with E-state index in [1.807, 2.05) is 6.92 Å². The Kier molecular flexibility index (Phi) is 3.28. The molecule has 17 heavy (non-hydrogen) atoms. The van der Waals surface area contributed by atoms with Gasteiger partial charge in [0.25, 0.3) is 0 Å². The maximum atomic E-state index is 10.9. The summed E-state index contributed by atoms with van der Waals surface area (Å²) in [6.07, 6.45) is 2.98. The monoisotopic (exact) mass is 252 g/mol. The van der Waals surface area contributed by atoms with Crippen molar-refractivity contribution in [1.29, 1.82) is 0 Å². The fourth-order valence-corrected chi connectivity index (χ4v) is 2.36. The van der Waals surface area contributed by atoms with Crippen molar-refractivity contribution in [3.63, 3.8) is 0 Å². The van der Waals surface area contributed by atoms with Gasteiger partial charge in [0, 0.05) is 5.25 Å². The van der Waals surface area contributed by atoms with E-state index in [4.69, 9.17) is 5.11 Å². The molecule has 0 spiro atoms. The zero-order valence-corrected chi connectivity index (χ0v) is 10.2. The van der Waals surface area contributed by atoms with E-state index in [1.165, 1.54) is 18.1 Å². The number of hydrogen-bond donors (Lipinski definition) is 2. The van der Waals surface area contributed by atoms with Gasteiger partial charge in [-0.25, -0.2) is 15.0 Å². The van der Waals surface area contributed by atoms with Crippen molar-refractivity contribution < 1.29 is 9.90 Å². The number of aromatic amines is 1. The second kappa shape index (κ2) is 4.70. The van der Waals surface area contributed by atoms with E-state index < -0.39 is 11.9 Å². The molecule has 7 heteroatoms. The quantitative estimate of drug-likeness (QED) is 0.633. The highest BCUT2D eigenvalue weighted by molar-refractivity contribution is 8.00. The molecule has 0 radical (unpaired) electrons. The lowest BCUT2D eigenvalue weighted by Gasteiger charge is -2.14. The van der Waals surface area contributed by atoms with Crippen LogP contribution in [0.3, 0.4) is 0 Å². The van der Waals surface area contributed by atoms with Gasteiger partial charge in [-0.3, -0.25) is 4.79 Å². The zero-order valence-electron chi connectivity index (χ0n) is 9.41. The van der Waals surface area contributed by atoms with Crippen molar-refractivity contribution in [2.24, 2.45) is 5.92 Å². The average molecular weight is 252 g/mol. The molecule has 0 bridgehead atoms. The van der Waals surface area contributed by atoms with Crippen molar-refractivity contribution in [3.05, 3.63) is 12.7 Å². The minimum Gasteiger partial charge on any atom is -0.481 e. The van der Waals surface area contributed by atoms with Crippen molar-refractivity contribution in [2.75, 3.05) is 0 Å². The maximum absolute atomic E-state index is 10.9. The standard InChI is InChI=1S/C10H12N4O2S/c1-5(10(15)16)6(2)17-9-7-8(12-3-11-7)13-4-14-9/h3-6H,1-2H3,(H,15,16)(H,11,12,13,14). The van der Waals surface area contributed by atoms with E-state index >= 15 is 0 Å². The molecule has 6 nitrogen and oxygen atoms in total. The van der Waals surface area contributed by atoms with E-state index in [9.17, 15) is 4.79 Å². The highest BCUT2D eigenvalue weighted by atomic mass is 32.2. The van der Waals surface area contributed by atoms with Crippen molar-refractivity contribution in [2.45, 2.75) is 24.1 Å². The number of H-pyrrole nitrogens is 1. The van der Waals surface area contributed by atoms with Crippen LogP contribution in [-0.4, -0.2) is 36.3 Å². The minimum absolute atomic E-state index is 0.0751. The van der Waals surface area contributed by atoms with Gasteiger partial charge in [0.05, 0.1) is 12.2 Å². The predicted molar refractivity (Wildman–Crippen MR) is 63.8 cm³/mol. The Balaban J connectivity index is 2.23. The summed E-state index contributed by atoms with van der Waals surface area (Å²) in [7, 11) is 0. The fraction of sp³-hybridized carbons (Fsp3) is 0.400. The third kappa shape index (κ3) is 2.38. The lowest BCUT2D eigenvalue weighted by atomic mass is 10.1. The topological polar surface area (TPSA) is 91.8 Å². The Morgan fingerprint density at radius 1 is 1.41 bits per heavy atom. The molecular formula is C10H12N4O2S. The summed E-state index contributed by atoms with van der Waals surface area (Å²) in [6.45, 7) is 3.55. The van der Waals surface area contributed by atoms with Crippen LogP contribution >= 0.6 is 11.8 Å². The van der Waals surface area contributed by atoms with Crippen LogP contribution < -0.4 is 0 Å². The molecule has 2 aromatic heterocycles.